The van der Waals surface area contributed by atoms with Crippen molar-refractivity contribution in [3.63, 3.8) is 0 Å². The number of carbonyl (C=O) groups is 1. The van der Waals surface area contributed by atoms with Crippen molar-refractivity contribution in [2.24, 2.45) is 11.8 Å². The topological polar surface area (TPSA) is 110 Å². The maximum absolute atomic E-state index is 12.4. The molecule has 1 saturated heterocycles. The molecule has 1 aromatic carbocycles. The molecule has 2 aromatic rings. The van der Waals surface area contributed by atoms with E-state index in [4.69, 9.17) is 0 Å². The number of benzene rings is 1. The fraction of sp³-hybridized carbons (Fsp3) is 0.524. The first kappa shape index (κ1) is 20.2. The Labute approximate surface area is 164 Å². The predicted octanol–water partition coefficient (Wildman–Crippen LogP) is 2.05. The van der Waals surface area contributed by atoms with Crippen molar-refractivity contribution in [1.29, 1.82) is 5.26 Å². The van der Waals surface area contributed by atoms with Gasteiger partial charge in [0.25, 0.3) is 0 Å². The highest BCUT2D eigenvalue weighted by Gasteiger charge is 2.34. The minimum absolute atomic E-state index is 0.0654. The van der Waals surface area contributed by atoms with Crippen LogP contribution < -0.4 is 4.90 Å². The molecule has 2 N–H and O–H groups in total. The molecule has 7 nitrogen and oxygen atoms in total. The van der Waals surface area contributed by atoms with Crippen LogP contribution in [0, 0.1) is 23.2 Å². The molecule has 0 spiro atoms. The van der Waals surface area contributed by atoms with Crippen LogP contribution in [0.2, 0.25) is 0 Å². The van der Waals surface area contributed by atoms with Gasteiger partial charge in [-0.1, -0.05) is 6.92 Å². The van der Waals surface area contributed by atoms with E-state index >= 15 is 0 Å². The molecule has 0 saturated carbocycles. The summed E-state index contributed by atoms with van der Waals surface area (Å²) in [6, 6.07) is 5.79. The van der Waals surface area contributed by atoms with Gasteiger partial charge in [0.15, 0.2) is 5.78 Å². The lowest BCUT2D eigenvalue weighted by Gasteiger charge is -2.38. The van der Waals surface area contributed by atoms with Crippen molar-refractivity contribution in [1.82, 2.24) is 9.97 Å². The summed E-state index contributed by atoms with van der Waals surface area (Å²) in [7, 11) is 0. The number of nitriles is 1. The molecular formula is C21H26N4O3. The van der Waals surface area contributed by atoms with Crippen LogP contribution in [0.25, 0.3) is 11.0 Å². The van der Waals surface area contributed by atoms with Crippen molar-refractivity contribution >= 4 is 22.5 Å². The summed E-state index contributed by atoms with van der Waals surface area (Å²) in [5, 5.41) is 29.3. The predicted molar refractivity (Wildman–Crippen MR) is 106 cm³/mol. The third kappa shape index (κ3) is 4.13. The SMILES string of the molecule is C[C@H]1C[C@@H](CC(=O)[C@@H](O)C(C)(C)O)CN(c2ccc(C#N)c3nccnc23)C1. The molecule has 1 aliphatic heterocycles. The Hall–Kier alpha value is -2.56. The fourth-order valence-electron chi connectivity index (χ4n) is 4.00. The highest BCUT2D eigenvalue weighted by Crippen LogP contribution is 2.33. The molecule has 148 valence electrons. The van der Waals surface area contributed by atoms with E-state index in [0.29, 0.717) is 29.1 Å². The summed E-state index contributed by atoms with van der Waals surface area (Å²) in [6.07, 6.45) is 2.89. The van der Waals surface area contributed by atoms with Crippen LogP contribution in [0.15, 0.2) is 24.5 Å². The number of nitrogens with zero attached hydrogens (tertiary/aromatic N) is 4. The van der Waals surface area contributed by atoms with Crippen molar-refractivity contribution < 1.29 is 15.0 Å². The number of hydrogen-bond acceptors (Lipinski definition) is 7. The first-order chi connectivity index (χ1) is 13.2. The summed E-state index contributed by atoms with van der Waals surface area (Å²) in [5.74, 6) is 0.0832. The van der Waals surface area contributed by atoms with E-state index in [1.807, 2.05) is 6.07 Å². The van der Waals surface area contributed by atoms with Crippen LogP contribution in [0.5, 0.6) is 0 Å². The van der Waals surface area contributed by atoms with Crippen LogP contribution in [0.4, 0.5) is 5.69 Å². The van der Waals surface area contributed by atoms with E-state index in [0.717, 1.165) is 18.7 Å². The Balaban J connectivity index is 1.85. The number of rotatable bonds is 5. The van der Waals surface area contributed by atoms with E-state index in [-0.39, 0.29) is 18.1 Å². The number of hydrogen-bond donors (Lipinski definition) is 2. The summed E-state index contributed by atoms with van der Waals surface area (Å²) in [5.41, 5.74) is 1.19. The number of anilines is 1. The van der Waals surface area contributed by atoms with Crippen molar-refractivity contribution in [3.05, 3.63) is 30.1 Å². The number of aliphatic hydroxyl groups is 2. The van der Waals surface area contributed by atoms with E-state index in [1.54, 1.807) is 18.5 Å². The number of ketones is 1. The van der Waals surface area contributed by atoms with E-state index in [9.17, 15) is 20.3 Å². The summed E-state index contributed by atoms with van der Waals surface area (Å²) < 4.78 is 0. The van der Waals surface area contributed by atoms with Crippen LogP contribution in [-0.2, 0) is 4.79 Å². The van der Waals surface area contributed by atoms with Crippen LogP contribution in [0.1, 0.15) is 39.2 Å². The second kappa shape index (κ2) is 7.82. The molecule has 3 atom stereocenters. The quantitative estimate of drug-likeness (QED) is 0.814. The lowest BCUT2D eigenvalue weighted by Crippen LogP contribution is -2.45. The van der Waals surface area contributed by atoms with Gasteiger partial charge in [0.2, 0.25) is 0 Å². The number of Topliss-reactive ketones (excluding diaryl/α,β-unsaturated/α-hetero) is 1. The Kier molecular flexibility index (Phi) is 5.64. The molecule has 0 unspecified atom stereocenters. The van der Waals surface area contributed by atoms with Crippen molar-refractivity contribution in [2.75, 3.05) is 18.0 Å². The Morgan fingerprint density at radius 1 is 1.32 bits per heavy atom. The monoisotopic (exact) mass is 382 g/mol. The third-order valence-corrected chi connectivity index (χ3v) is 5.28. The van der Waals surface area contributed by atoms with E-state index < -0.39 is 11.7 Å². The average molecular weight is 382 g/mol. The minimum atomic E-state index is -1.45. The molecule has 2 heterocycles. The van der Waals surface area contributed by atoms with Gasteiger partial charge in [0.05, 0.1) is 16.9 Å². The van der Waals surface area contributed by atoms with Gasteiger partial charge in [0.1, 0.15) is 23.2 Å². The zero-order valence-corrected chi connectivity index (χ0v) is 16.5. The van der Waals surface area contributed by atoms with Gasteiger partial charge >= 0.3 is 0 Å². The van der Waals surface area contributed by atoms with Crippen molar-refractivity contribution in [3.8, 4) is 6.07 Å². The summed E-state index contributed by atoms with van der Waals surface area (Å²) in [6.45, 7) is 6.47. The van der Waals surface area contributed by atoms with E-state index in [2.05, 4.69) is 27.9 Å². The third-order valence-electron chi connectivity index (χ3n) is 5.28. The molecule has 0 amide bonds. The van der Waals surface area contributed by atoms with Gasteiger partial charge in [-0.2, -0.15) is 5.26 Å². The molecule has 0 bridgehead atoms. The average Bonchev–Trinajstić information content (AvgIpc) is 2.65. The smallest absolute Gasteiger partial charge is 0.164 e. The zero-order valence-electron chi connectivity index (χ0n) is 16.5. The summed E-state index contributed by atoms with van der Waals surface area (Å²) >= 11 is 0. The molecule has 3 rings (SSSR count). The minimum Gasteiger partial charge on any atom is -0.387 e. The van der Waals surface area contributed by atoms with Crippen LogP contribution in [0.3, 0.4) is 0 Å². The second-order valence-corrected chi connectivity index (χ2v) is 8.34. The number of piperidine rings is 1. The largest absolute Gasteiger partial charge is 0.387 e. The molecule has 1 fully saturated rings. The normalized spacial score (nSPS) is 21.4. The lowest BCUT2D eigenvalue weighted by atomic mass is 9.84. The lowest BCUT2D eigenvalue weighted by molar-refractivity contribution is -0.140. The zero-order chi connectivity index (χ0) is 20.5. The maximum Gasteiger partial charge on any atom is 0.164 e. The van der Waals surface area contributed by atoms with Gasteiger partial charge in [0, 0.05) is 31.9 Å². The van der Waals surface area contributed by atoms with Crippen molar-refractivity contribution in [2.45, 2.75) is 45.3 Å². The number of aliphatic hydroxyl groups excluding tert-OH is 1. The standard InChI is InChI=1S/C21H26N4O3/c1-13-8-14(9-17(26)20(27)21(2,3)28)12-25(11-13)16-5-4-15(10-22)18-19(16)24-7-6-23-18/h4-7,13-14,20,27-28H,8-9,11-12H2,1-3H3/t13-,14-,20+/m0/s1. The first-order valence-electron chi connectivity index (χ1n) is 9.52. The van der Waals surface area contributed by atoms with Gasteiger partial charge < -0.3 is 15.1 Å². The van der Waals surface area contributed by atoms with Crippen LogP contribution >= 0.6 is 0 Å². The molecule has 0 aliphatic carbocycles. The Bertz CT molecular complexity index is 916. The molecular weight excluding hydrogens is 356 g/mol. The molecule has 1 aliphatic rings. The fourth-order valence-corrected chi connectivity index (χ4v) is 4.00. The highest BCUT2D eigenvalue weighted by molar-refractivity contribution is 5.92. The molecule has 1 aromatic heterocycles. The highest BCUT2D eigenvalue weighted by atomic mass is 16.3. The Morgan fingerprint density at radius 2 is 2.00 bits per heavy atom. The molecule has 28 heavy (non-hydrogen) atoms. The van der Waals surface area contributed by atoms with Crippen LogP contribution in [-0.4, -0.2) is 50.8 Å². The van der Waals surface area contributed by atoms with Gasteiger partial charge in [-0.15, -0.1) is 0 Å². The second-order valence-electron chi connectivity index (χ2n) is 8.34. The number of fused-ring (bicyclic) bond motifs is 1. The molecule has 0 radical (unpaired) electrons. The first-order valence-corrected chi connectivity index (χ1v) is 9.52. The van der Waals surface area contributed by atoms with E-state index in [1.165, 1.54) is 13.8 Å². The molecule has 7 heteroatoms. The number of carbonyl (C=O) groups excluding carboxylic acids is 1. The number of aromatic nitrogens is 2. The maximum atomic E-state index is 12.4. The Morgan fingerprint density at radius 3 is 2.64 bits per heavy atom. The van der Waals surface area contributed by atoms with Gasteiger partial charge in [-0.25, -0.2) is 0 Å². The van der Waals surface area contributed by atoms with Gasteiger partial charge in [-0.3, -0.25) is 14.8 Å². The van der Waals surface area contributed by atoms with Gasteiger partial charge in [-0.05, 0) is 44.2 Å². The summed E-state index contributed by atoms with van der Waals surface area (Å²) in [4.78, 5) is 23.4.